The number of rotatable bonds is 5. The van der Waals surface area contributed by atoms with Crippen LogP contribution in [0.4, 0.5) is 10.1 Å². The predicted octanol–water partition coefficient (Wildman–Crippen LogP) is 3.68. The molecule has 1 N–H and O–H groups in total. The molecule has 0 unspecified atom stereocenters. The summed E-state index contributed by atoms with van der Waals surface area (Å²) >= 11 is 6.16. The van der Waals surface area contributed by atoms with E-state index in [0.717, 1.165) is 5.56 Å². The first-order valence-electron chi connectivity index (χ1n) is 7.47. The van der Waals surface area contributed by atoms with Gasteiger partial charge in [0, 0.05) is 6.54 Å². The van der Waals surface area contributed by atoms with Gasteiger partial charge in [0.25, 0.3) is 5.56 Å². The molecule has 1 heterocycles. The van der Waals surface area contributed by atoms with E-state index in [9.17, 15) is 9.18 Å². The number of nitrogens with one attached hydrogen (secondary N) is 1. The standard InChI is InChI=1S/C18H15ClFN3O/c19-17-16(21-10-9-13-5-4-6-14(20)11-13)12-22-23(18(17)24)15-7-2-1-3-8-15/h1-8,11-12,21H,9-10H2. The summed E-state index contributed by atoms with van der Waals surface area (Å²) in [7, 11) is 0. The molecule has 0 aliphatic rings. The number of halogens is 2. The predicted molar refractivity (Wildman–Crippen MR) is 93.4 cm³/mol. The average molecular weight is 344 g/mol. The third-order valence-corrected chi connectivity index (χ3v) is 3.90. The minimum absolute atomic E-state index is 0.0769. The van der Waals surface area contributed by atoms with E-state index in [-0.39, 0.29) is 10.8 Å². The van der Waals surface area contributed by atoms with Crippen molar-refractivity contribution in [2.24, 2.45) is 0 Å². The molecule has 0 saturated heterocycles. The van der Waals surface area contributed by atoms with Gasteiger partial charge in [0.15, 0.2) is 0 Å². The van der Waals surface area contributed by atoms with Crippen molar-refractivity contribution in [1.82, 2.24) is 9.78 Å². The summed E-state index contributed by atoms with van der Waals surface area (Å²) in [6, 6.07) is 15.5. The Kier molecular flexibility index (Phi) is 4.91. The van der Waals surface area contributed by atoms with Crippen LogP contribution in [-0.2, 0) is 6.42 Å². The van der Waals surface area contributed by atoms with Crippen molar-refractivity contribution < 1.29 is 4.39 Å². The molecule has 122 valence electrons. The first-order chi connectivity index (χ1) is 11.6. The van der Waals surface area contributed by atoms with Crippen LogP contribution in [0, 0.1) is 5.82 Å². The Morgan fingerprint density at radius 2 is 1.92 bits per heavy atom. The molecule has 0 bridgehead atoms. The van der Waals surface area contributed by atoms with Gasteiger partial charge in [-0.15, -0.1) is 0 Å². The van der Waals surface area contributed by atoms with Crippen molar-refractivity contribution in [3.8, 4) is 5.69 Å². The lowest BCUT2D eigenvalue weighted by Crippen LogP contribution is -2.23. The number of benzene rings is 2. The van der Waals surface area contributed by atoms with Crippen LogP contribution in [0.5, 0.6) is 0 Å². The number of hydrogen-bond donors (Lipinski definition) is 1. The molecule has 4 nitrogen and oxygen atoms in total. The number of anilines is 1. The molecule has 3 aromatic rings. The highest BCUT2D eigenvalue weighted by Gasteiger charge is 2.10. The van der Waals surface area contributed by atoms with E-state index in [1.54, 1.807) is 18.2 Å². The summed E-state index contributed by atoms with van der Waals surface area (Å²) in [5.74, 6) is -0.266. The van der Waals surface area contributed by atoms with Gasteiger partial charge in [0.05, 0.1) is 17.6 Å². The molecule has 3 rings (SSSR count). The zero-order chi connectivity index (χ0) is 16.9. The van der Waals surface area contributed by atoms with Crippen LogP contribution < -0.4 is 10.9 Å². The fourth-order valence-corrected chi connectivity index (χ4v) is 2.54. The first kappa shape index (κ1) is 16.2. The van der Waals surface area contributed by atoms with Crippen molar-refractivity contribution in [2.45, 2.75) is 6.42 Å². The SMILES string of the molecule is O=c1c(Cl)c(NCCc2cccc(F)c2)cnn1-c1ccccc1. The maximum Gasteiger partial charge on any atom is 0.292 e. The normalized spacial score (nSPS) is 10.6. The smallest absolute Gasteiger partial charge is 0.292 e. The lowest BCUT2D eigenvalue weighted by molar-refractivity contribution is 0.625. The van der Waals surface area contributed by atoms with Gasteiger partial charge in [-0.05, 0) is 36.2 Å². The van der Waals surface area contributed by atoms with Crippen LogP contribution in [0.1, 0.15) is 5.56 Å². The Balaban J connectivity index is 1.73. The zero-order valence-electron chi connectivity index (χ0n) is 12.7. The second kappa shape index (κ2) is 7.27. The van der Waals surface area contributed by atoms with Crippen LogP contribution in [0.25, 0.3) is 5.69 Å². The van der Waals surface area contributed by atoms with Gasteiger partial charge in [-0.3, -0.25) is 4.79 Å². The topological polar surface area (TPSA) is 46.9 Å². The molecule has 2 aromatic carbocycles. The first-order valence-corrected chi connectivity index (χ1v) is 7.84. The number of nitrogens with zero attached hydrogens (tertiary/aromatic N) is 2. The number of hydrogen-bond acceptors (Lipinski definition) is 3. The average Bonchev–Trinajstić information content (AvgIpc) is 2.60. The molecule has 0 amide bonds. The molecule has 6 heteroatoms. The molecule has 0 aliphatic heterocycles. The quantitative estimate of drug-likeness (QED) is 0.768. The van der Waals surface area contributed by atoms with Gasteiger partial charge in [-0.2, -0.15) is 9.78 Å². The Morgan fingerprint density at radius 1 is 1.12 bits per heavy atom. The van der Waals surface area contributed by atoms with Gasteiger partial charge in [-0.1, -0.05) is 41.9 Å². The fourth-order valence-electron chi connectivity index (χ4n) is 2.34. The highest BCUT2D eigenvalue weighted by atomic mass is 35.5. The summed E-state index contributed by atoms with van der Waals surface area (Å²) in [6.07, 6.45) is 2.12. The fraction of sp³-hybridized carbons (Fsp3) is 0.111. The zero-order valence-corrected chi connectivity index (χ0v) is 13.5. The number of para-hydroxylation sites is 1. The number of aromatic nitrogens is 2. The molecule has 0 aliphatic carbocycles. The van der Waals surface area contributed by atoms with Gasteiger partial charge in [0.2, 0.25) is 0 Å². The van der Waals surface area contributed by atoms with E-state index < -0.39 is 5.56 Å². The van der Waals surface area contributed by atoms with Crippen LogP contribution in [0.15, 0.2) is 65.6 Å². The molecule has 0 radical (unpaired) electrons. The monoisotopic (exact) mass is 343 g/mol. The molecule has 0 fully saturated rings. The Bertz CT molecular complexity index is 896. The largest absolute Gasteiger partial charge is 0.382 e. The maximum absolute atomic E-state index is 13.1. The summed E-state index contributed by atoms with van der Waals surface area (Å²) in [6.45, 7) is 0.514. The van der Waals surface area contributed by atoms with Crippen LogP contribution in [0.3, 0.4) is 0 Å². The van der Waals surface area contributed by atoms with E-state index in [0.29, 0.717) is 24.3 Å². The lowest BCUT2D eigenvalue weighted by Gasteiger charge is -2.10. The summed E-state index contributed by atoms with van der Waals surface area (Å²) < 4.78 is 14.4. The van der Waals surface area contributed by atoms with Gasteiger partial charge < -0.3 is 5.32 Å². The molecular formula is C18H15ClFN3O. The van der Waals surface area contributed by atoms with Crippen LogP contribution in [0.2, 0.25) is 5.02 Å². The molecule has 24 heavy (non-hydrogen) atoms. The molecular weight excluding hydrogens is 329 g/mol. The molecule has 0 spiro atoms. The van der Waals surface area contributed by atoms with Crippen molar-refractivity contribution in [3.63, 3.8) is 0 Å². The minimum Gasteiger partial charge on any atom is -0.382 e. The van der Waals surface area contributed by atoms with E-state index in [1.165, 1.54) is 23.0 Å². The van der Waals surface area contributed by atoms with Gasteiger partial charge in [0.1, 0.15) is 10.8 Å². The van der Waals surface area contributed by atoms with E-state index in [4.69, 9.17) is 11.6 Å². The van der Waals surface area contributed by atoms with E-state index in [1.807, 2.05) is 24.3 Å². The lowest BCUT2D eigenvalue weighted by atomic mass is 10.1. The highest BCUT2D eigenvalue weighted by Crippen LogP contribution is 2.16. The van der Waals surface area contributed by atoms with E-state index in [2.05, 4.69) is 10.4 Å². The molecule has 0 saturated carbocycles. The Labute approximate surface area is 143 Å². The summed E-state index contributed by atoms with van der Waals surface area (Å²) in [5, 5.41) is 7.29. The third kappa shape index (κ3) is 3.63. The summed E-state index contributed by atoms with van der Waals surface area (Å²) in [4.78, 5) is 12.3. The van der Waals surface area contributed by atoms with Crippen LogP contribution >= 0.6 is 11.6 Å². The second-order valence-electron chi connectivity index (χ2n) is 5.23. The van der Waals surface area contributed by atoms with Crippen LogP contribution in [-0.4, -0.2) is 16.3 Å². The Hall–Kier alpha value is -2.66. The molecule has 0 atom stereocenters. The second-order valence-corrected chi connectivity index (χ2v) is 5.61. The van der Waals surface area contributed by atoms with Gasteiger partial charge >= 0.3 is 0 Å². The van der Waals surface area contributed by atoms with Gasteiger partial charge in [-0.25, -0.2) is 4.39 Å². The van der Waals surface area contributed by atoms with Crippen molar-refractivity contribution in [1.29, 1.82) is 0 Å². The maximum atomic E-state index is 13.1. The minimum atomic E-state index is -0.390. The Morgan fingerprint density at radius 3 is 2.67 bits per heavy atom. The molecule has 1 aromatic heterocycles. The van der Waals surface area contributed by atoms with Crippen molar-refractivity contribution in [3.05, 3.63) is 87.6 Å². The van der Waals surface area contributed by atoms with E-state index >= 15 is 0 Å². The third-order valence-electron chi connectivity index (χ3n) is 3.54. The summed E-state index contributed by atoms with van der Waals surface area (Å²) in [5.41, 5.74) is 1.59. The van der Waals surface area contributed by atoms with Crippen molar-refractivity contribution in [2.75, 3.05) is 11.9 Å². The van der Waals surface area contributed by atoms with Crippen molar-refractivity contribution >= 4 is 17.3 Å². The highest BCUT2D eigenvalue weighted by molar-refractivity contribution is 6.32.